The summed E-state index contributed by atoms with van der Waals surface area (Å²) in [5.74, 6) is 0. The molecule has 0 radical (unpaired) electrons. The zero-order valence-electron chi connectivity index (χ0n) is 6.72. The summed E-state index contributed by atoms with van der Waals surface area (Å²) >= 11 is 4.79. The van der Waals surface area contributed by atoms with Crippen molar-refractivity contribution < 1.29 is 0 Å². The SMILES string of the molecule is CCCc1cc(=O)[nH]c(=S)[nH]1.I. The fraction of sp³-hybridized carbons (Fsp3) is 0.429. The van der Waals surface area contributed by atoms with E-state index in [2.05, 4.69) is 16.9 Å². The number of H-pyrrole nitrogens is 2. The smallest absolute Gasteiger partial charge is 0.251 e. The number of nitrogens with one attached hydrogen (secondary N) is 2. The van der Waals surface area contributed by atoms with Crippen molar-refractivity contribution in [3.63, 3.8) is 0 Å². The van der Waals surface area contributed by atoms with E-state index < -0.39 is 0 Å². The van der Waals surface area contributed by atoms with Gasteiger partial charge in [-0.3, -0.25) is 9.78 Å². The monoisotopic (exact) mass is 298 g/mol. The van der Waals surface area contributed by atoms with Gasteiger partial charge in [0.15, 0.2) is 4.77 Å². The lowest BCUT2D eigenvalue weighted by molar-refractivity contribution is 0.861. The molecule has 0 atom stereocenters. The van der Waals surface area contributed by atoms with Crippen LogP contribution in [0.4, 0.5) is 0 Å². The minimum absolute atomic E-state index is 0. The first kappa shape index (κ1) is 11.8. The molecule has 0 fully saturated rings. The van der Waals surface area contributed by atoms with Crippen molar-refractivity contribution in [2.24, 2.45) is 0 Å². The molecular formula is C7H11IN2OS. The highest BCUT2D eigenvalue weighted by Gasteiger charge is 1.91. The number of aromatic amines is 2. The van der Waals surface area contributed by atoms with Gasteiger partial charge in [0, 0.05) is 11.8 Å². The van der Waals surface area contributed by atoms with Gasteiger partial charge in [-0.2, -0.15) is 0 Å². The van der Waals surface area contributed by atoms with Gasteiger partial charge in [0.1, 0.15) is 0 Å². The van der Waals surface area contributed by atoms with Crippen LogP contribution >= 0.6 is 36.2 Å². The molecule has 0 bridgehead atoms. The Morgan fingerprint density at radius 1 is 1.50 bits per heavy atom. The first-order valence-electron chi connectivity index (χ1n) is 3.55. The van der Waals surface area contributed by atoms with Crippen LogP contribution in [-0.4, -0.2) is 9.97 Å². The molecule has 0 amide bonds. The van der Waals surface area contributed by atoms with E-state index in [4.69, 9.17) is 12.2 Å². The van der Waals surface area contributed by atoms with Crippen LogP contribution in [0, 0.1) is 4.77 Å². The normalized spacial score (nSPS) is 9.08. The van der Waals surface area contributed by atoms with Crippen LogP contribution in [0.15, 0.2) is 10.9 Å². The van der Waals surface area contributed by atoms with E-state index in [1.807, 2.05) is 0 Å². The molecule has 68 valence electrons. The summed E-state index contributed by atoms with van der Waals surface area (Å²) in [7, 11) is 0. The Bertz CT molecular complexity index is 315. The highest BCUT2D eigenvalue weighted by molar-refractivity contribution is 14.0. The Balaban J connectivity index is 0.00000121. The zero-order valence-corrected chi connectivity index (χ0v) is 9.86. The van der Waals surface area contributed by atoms with Crippen molar-refractivity contribution in [2.75, 3.05) is 0 Å². The number of aromatic nitrogens is 2. The van der Waals surface area contributed by atoms with Gasteiger partial charge in [-0.25, -0.2) is 0 Å². The molecule has 3 nitrogen and oxygen atoms in total. The molecule has 0 spiro atoms. The number of halogens is 1. The number of hydrogen-bond acceptors (Lipinski definition) is 2. The van der Waals surface area contributed by atoms with Gasteiger partial charge in [0.2, 0.25) is 0 Å². The predicted molar refractivity (Wildman–Crippen MR) is 61.7 cm³/mol. The van der Waals surface area contributed by atoms with Crippen molar-refractivity contribution in [2.45, 2.75) is 19.8 Å². The summed E-state index contributed by atoms with van der Waals surface area (Å²) in [4.78, 5) is 16.2. The van der Waals surface area contributed by atoms with E-state index in [1.54, 1.807) is 6.07 Å². The largest absolute Gasteiger partial charge is 0.336 e. The molecule has 1 rings (SSSR count). The Morgan fingerprint density at radius 2 is 2.17 bits per heavy atom. The summed E-state index contributed by atoms with van der Waals surface area (Å²) in [6, 6.07) is 1.54. The second-order valence-corrected chi connectivity index (χ2v) is 2.77. The second kappa shape index (κ2) is 5.47. The van der Waals surface area contributed by atoms with E-state index in [-0.39, 0.29) is 29.5 Å². The van der Waals surface area contributed by atoms with Gasteiger partial charge in [-0.05, 0) is 18.6 Å². The molecule has 1 aromatic rings. The molecule has 1 aromatic heterocycles. The standard InChI is InChI=1S/C7H10N2OS.HI/c1-2-3-5-4-6(10)9-7(11)8-5;/h4H,2-3H2,1H3,(H2,8,9,10,11);1H. The summed E-state index contributed by atoms with van der Waals surface area (Å²) in [5.41, 5.74) is 0.776. The van der Waals surface area contributed by atoms with E-state index in [0.717, 1.165) is 18.5 Å². The van der Waals surface area contributed by atoms with E-state index in [0.29, 0.717) is 4.77 Å². The number of hydrogen-bond donors (Lipinski definition) is 2. The molecule has 0 aliphatic carbocycles. The molecule has 2 N–H and O–H groups in total. The molecule has 12 heavy (non-hydrogen) atoms. The van der Waals surface area contributed by atoms with Gasteiger partial charge in [0.25, 0.3) is 5.56 Å². The van der Waals surface area contributed by atoms with Crippen LogP contribution in [0.2, 0.25) is 0 Å². The molecule has 0 saturated heterocycles. The maximum absolute atomic E-state index is 10.8. The topological polar surface area (TPSA) is 48.6 Å². The highest BCUT2D eigenvalue weighted by Crippen LogP contribution is 1.93. The Kier molecular flexibility index (Phi) is 5.39. The quantitative estimate of drug-likeness (QED) is 0.648. The Morgan fingerprint density at radius 3 is 2.67 bits per heavy atom. The first-order valence-corrected chi connectivity index (χ1v) is 3.95. The van der Waals surface area contributed by atoms with Gasteiger partial charge >= 0.3 is 0 Å². The first-order chi connectivity index (χ1) is 5.22. The molecule has 1 heterocycles. The average molecular weight is 298 g/mol. The van der Waals surface area contributed by atoms with Crippen molar-refractivity contribution in [3.05, 3.63) is 26.9 Å². The van der Waals surface area contributed by atoms with E-state index >= 15 is 0 Å². The third-order valence-corrected chi connectivity index (χ3v) is 1.54. The van der Waals surface area contributed by atoms with Crippen LogP contribution in [-0.2, 0) is 6.42 Å². The van der Waals surface area contributed by atoms with Gasteiger partial charge in [-0.1, -0.05) is 13.3 Å². The highest BCUT2D eigenvalue weighted by atomic mass is 127. The molecule has 0 saturated carbocycles. The Hall–Kier alpha value is -0.170. The lowest BCUT2D eigenvalue weighted by atomic mass is 10.2. The fourth-order valence-electron chi connectivity index (χ4n) is 0.923. The number of aryl methyl sites for hydroxylation is 1. The van der Waals surface area contributed by atoms with Crippen LogP contribution in [0.1, 0.15) is 19.0 Å². The van der Waals surface area contributed by atoms with Gasteiger partial charge in [0.05, 0.1) is 0 Å². The number of rotatable bonds is 2. The summed E-state index contributed by atoms with van der Waals surface area (Å²) < 4.78 is 0.404. The molecule has 0 aliphatic rings. The van der Waals surface area contributed by atoms with Crippen LogP contribution < -0.4 is 5.56 Å². The molecular weight excluding hydrogens is 287 g/mol. The molecule has 5 heteroatoms. The molecule has 0 unspecified atom stereocenters. The summed E-state index contributed by atoms with van der Waals surface area (Å²) in [6.07, 6.45) is 1.88. The van der Waals surface area contributed by atoms with Crippen molar-refractivity contribution in [3.8, 4) is 0 Å². The third-order valence-electron chi connectivity index (χ3n) is 1.34. The van der Waals surface area contributed by atoms with Crippen molar-refractivity contribution in [1.82, 2.24) is 9.97 Å². The average Bonchev–Trinajstić information content (AvgIpc) is 1.85. The minimum Gasteiger partial charge on any atom is -0.336 e. The van der Waals surface area contributed by atoms with E-state index in [1.165, 1.54) is 0 Å². The third kappa shape index (κ3) is 3.48. The predicted octanol–water partition coefficient (Wildman–Crippen LogP) is 2.00. The minimum atomic E-state index is -0.128. The van der Waals surface area contributed by atoms with Crippen molar-refractivity contribution >= 4 is 36.2 Å². The van der Waals surface area contributed by atoms with Crippen LogP contribution in [0.3, 0.4) is 0 Å². The fourth-order valence-corrected chi connectivity index (χ4v) is 1.16. The van der Waals surface area contributed by atoms with Crippen LogP contribution in [0.5, 0.6) is 0 Å². The maximum Gasteiger partial charge on any atom is 0.251 e. The summed E-state index contributed by atoms with van der Waals surface area (Å²) in [5, 5.41) is 0. The van der Waals surface area contributed by atoms with Gasteiger partial charge in [-0.15, -0.1) is 24.0 Å². The van der Waals surface area contributed by atoms with Crippen molar-refractivity contribution in [1.29, 1.82) is 0 Å². The maximum atomic E-state index is 10.8. The molecule has 0 aromatic carbocycles. The summed E-state index contributed by atoms with van der Waals surface area (Å²) in [6.45, 7) is 2.05. The lowest BCUT2D eigenvalue weighted by Crippen LogP contribution is -2.08. The molecule has 0 aliphatic heterocycles. The Labute approximate surface area is 92.6 Å². The van der Waals surface area contributed by atoms with Gasteiger partial charge < -0.3 is 4.98 Å². The second-order valence-electron chi connectivity index (χ2n) is 2.36. The lowest BCUT2D eigenvalue weighted by Gasteiger charge is -1.95. The zero-order chi connectivity index (χ0) is 8.27. The van der Waals surface area contributed by atoms with E-state index in [9.17, 15) is 4.79 Å². The van der Waals surface area contributed by atoms with Crippen LogP contribution in [0.25, 0.3) is 0 Å².